The normalized spacial score (nSPS) is 11.5. The Morgan fingerprint density at radius 1 is 1.10 bits per heavy atom. The lowest BCUT2D eigenvalue weighted by atomic mass is 10.3. The van der Waals surface area contributed by atoms with Gasteiger partial charge >= 0.3 is 6.18 Å². The van der Waals surface area contributed by atoms with E-state index in [2.05, 4.69) is 41.8 Å². The number of alkyl halides is 3. The van der Waals surface area contributed by atoms with E-state index in [1.165, 1.54) is 0 Å². The number of nitrogens with zero attached hydrogens (tertiary/aromatic N) is 2. The first-order chi connectivity index (χ1) is 9.25. The molecule has 0 aliphatic carbocycles. The lowest BCUT2D eigenvalue weighted by Gasteiger charge is -2.10. The Morgan fingerprint density at radius 3 is 2.40 bits per heavy atom. The van der Waals surface area contributed by atoms with Gasteiger partial charge in [0.1, 0.15) is 10.9 Å². The van der Waals surface area contributed by atoms with Gasteiger partial charge in [0.05, 0.1) is 4.47 Å². The zero-order valence-corrected chi connectivity index (χ0v) is 13.3. The van der Waals surface area contributed by atoms with Crippen molar-refractivity contribution in [3.63, 3.8) is 0 Å². The van der Waals surface area contributed by atoms with Gasteiger partial charge in [-0.1, -0.05) is 27.5 Å². The average Bonchev–Trinajstić information content (AvgIpc) is 2.31. The summed E-state index contributed by atoms with van der Waals surface area (Å²) < 4.78 is 44.3. The first-order valence-corrected chi connectivity index (χ1v) is 6.97. The van der Waals surface area contributed by atoms with E-state index < -0.39 is 12.0 Å². The van der Waals surface area contributed by atoms with Gasteiger partial charge in [0.2, 0.25) is 11.7 Å². The molecule has 20 heavy (non-hydrogen) atoms. The predicted molar refractivity (Wildman–Crippen MR) is 74.0 cm³/mol. The van der Waals surface area contributed by atoms with Crippen molar-refractivity contribution < 1.29 is 17.9 Å². The van der Waals surface area contributed by atoms with Gasteiger partial charge in [0, 0.05) is 10.5 Å². The maximum atomic E-state index is 12.6. The van der Waals surface area contributed by atoms with Crippen LogP contribution in [-0.2, 0) is 6.18 Å². The quantitative estimate of drug-likeness (QED) is 0.591. The lowest BCUT2D eigenvalue weighted by Crippen LogP contribution is -2.11. The first-order valence-electron chi connectivity index (χ1n) is 5.00. The van der Waals surface area contributed by atoms with E-state index in [0.717, 1.165) is 10.5 Å². The van der Waals surface area contributed by atoms with Crippen LogP contribution in [0.25, 0.3) is 0 Å². The molecular formula is C11H4Br2ClF3N2O. The topological polar surface area (TPSA) is 35.0 Å². The molecule has 0 bridgehead atoms. The highest BCUT2D eigenvalue weighted by atomic mass is 79.9. The Hall–Kier alpha value is -0.860. The molecule has 0 saturated carbocycles. The smallest absolute Gasteiger partial charge is 0.438 e. The molecule has 0 amide bonds. The fourth-order valence-electron chi connectivity index (χ4n) is 1.25. The van der Waals surface area contributed by atoms with Crippen molar-refractivity contribution in [2.45, 2.75) is 6.18 Å². The van der Waals surface area contributed by atoms with Crippen LogP contribution < -0.4 is 4.74 Å². The van der Waals surface area contributed by atoms with Crippen LogP contribution in [0.15, 0.2) is 33.2 Å². The van der Waals surface area contributed by atoms with Gasteiger partial charge in [-0.25, -0.2) is 4.98 Å². The summed E-state index contributed by atoms with van der Waals surface area (Å²) in [7, 11) is 0. The van der Waals surface area contributed by atoms with E-state index in [0.29, 0.717) is 10.2 Å². The van der Waals surface area contributed by atoms with Gasteiger partial charge in [-0.15, -0.1) is 0 Å². The van der Waals surface area contributed by atoms with E-state index in [1.807, 2.05) is 0 Å². The first kappa shape index (κ1) is 15.5. The molecule has 0 atom stereocenters. The van der Waals surface area contributed by atoms with Crippen LogP contribution in [0.3, 0.4) is 0 Å². The monoisotopic (exact) mass is 430 g/mol. The Labute approximate surface area is 133 Å². The van der Waals surface area contributed by atoms with Gasteiger partial charge in [0.15, 0.2) is 0 Å². The summed E-state index contributed by atoms with van der Waals surface area (Å²) in [6, 6.07) is 6.03. The van der Waals surface area contributed by atoms with E-state index in [9.17, 15) is 13.2 Å². The van der Waals surface area contributed by atoms with Crippen LogP contribution in [0.4, 0.5) is 13.2 Å². The summed E-state index contributed by atoms with van der Waals surface area (Å²) in [5.74, 6) is -1.34. The molecule has 0 saturated heterocycles. The minimum absolute atomic E-state index is 0.291. The van der Waals surface area contributed by atoms with Crippen molar-refractivity contribution in [2.24, 2.45) is 0 Å². The predicted octanol–water partition coefficient (Wildman–Crippen LogP) is 5.47. The van der Waals surface area contributed by atoms with Crippen LogP contribution in [0.1, 0.15) is 5.82 Å². The van der Waals surface area contributed by atoms with Gasteiger partial charge in [-0.2, -0.15) is 18.2 Å². The molecule has 0 N–H and O–H groups in total. The molecule has 0 radical (unpaired) electrons. The van der Waals surface area contributed by atoms with Crippen molar-refractivity contribution in [3.8, 4) is 11.6 Å². The largest absolute Gasteiger partial charge is 0.451 e. The summed E-state index contributed by atoms with van der Waals surface area (Å²) >= 11 is 12.0. The van der Waals surface area contributed by atoms with E-state index in [4.69, 9.17) is 16.3 Å². The number of hydrogen-bond acceptors (Lipinski definition) is 3. The maximum absolute atomic E-state index is 12.6. The van der Waals surface area contributed by atoms with Gasteiger partial charge < -0.3 is 4.74 Å². The second kappa shape index (κ2) is 5.87. The molecule has 1 aromatic heterocycles. The van der Waals surface area contributed by atoms with Gasteiger partial charge in [0.25, 0.3) is 0 Å². The molecule has 0 spiro atoms. The molecule has 0 aliphatic rings. The SMILES string of the molecule is FC(F)(F)c1nc(Cl)cc(Oc2ccc(Br)cc2Br)n1. The molecule has 3 nitrogen and oxygen atoms in total. The number of hydrogen-bond donors (Lipinski definition) is 0. The van der Waals surface area contributed by atoms with Gasteiger partial charge in [-0.3, -0.25) is 0 Å². The molecule has 2 rings (SSSR count). The van der Waals surface area contributed by atoms with E-state index in [-0.39, 0.29) is 11.0 Å². The fourth-order valence-corrected chi connectivity index (χ4v) is 2.55. The number of aromatic nitrogens is 2. The molecule has 1 aromatic carbocycles. The molecule has 9 heteroatoms. The van der Waals surface area contributed by atoms with Crippen molar-refractivity contribution in [3.05, 3.63) is 44.2 Å². The number of benzene rings is 1. The third kappa shape index (κ3) is 3.83. The van der Waals surface area contributed by atoms with Crippen molar-refractivity contribution in [1.29, 1.82) is 0 Å². The standard InChI is InChI=1S/C11H4Br2ClF3N2O/c12-5-1-2-7(6(13)3-5)20-9-4-8(14)18-10(19-9)11(15,16)17/h1-4H. The molecule has 0 unspecified atom stereocenters. The minimum Gasteiger partial charge on any atom is -0.438 e. The highest BCUT2D eigenvalue weighted by molar-refractivity contribution is 9.11. The highest BCUT2D eigenvalue weighted by Gasteiger charge is 2.35. The number of rotatable bonds is 2. The fraction of sp³-hybridized carbons (Fsp3) is 0.0909. The molecule has 2 aromatic rings. The lowest BCUT2D eigenvalue weighted by molar-refractivity contribution is -0.145. The van der Waals surface area contributed by atoms with Crippen LogP contribution in [0.5, 0.6) is 11.6 Å². The Balaban J connectivity index is 2.36. The van der Waals surface area contributed by atoms with Crippen molar-refractivity contribution in [2.75, 3.05) is 0 Å². The van der Waals surface area contributed by atoms with Crippen molar-refractivity contribution in [1.82, 2.24) is 9.97 Å². The number of halogens is 6. The van der Waals surface area contributed by atoms with Crippen LogP contribution in [-0.4, -0.2) is 9.97 Å². The summed E-state index contributed by atoms with van der Waals surface area (Å²) in [5, 5.41) is -0.351. The molecule has 0 fully saturated rings. The molecule has 1 heterocycles. The minimum atomic E-state index is -4.69. The Kier molecular flexibility index (Phi) is 4.55. The third-order valence-corrected chi connectivity index (χ3v) is 3.34. The highest BCUT2D eigenvalue weighted by Crippen LogP contribution is 2.34. The second-order valence-electron chi connectivity index (χ2n) is 3.53. The molecule has 106 valence electrons. The second-order valence-corrected chi connectivity index (χ2v) is 5.68. The van der Waals surface area contributed by atoms with E-state index in [1.54, 1.807) is 18.2 Å². The van der Waals surface area contributed by atoms with Crippen LogP contribution in [0, 0.1) is 0 Å². The van der Waals surface area contributed by atoms with E-state index >= 15 is 0 Å². The molecular weight excluding hydrogens is 428 g/mol. The number of ether oxygens (including phenoxy) is 1. The zero-order valence-electron chi connectivity index (χ0n) is 9.38. The summed E-state index contributed by atoms with van der Waals surface area (Å²) in [4.78, 5) is 6.40. The van der Waals surface area contributed by atoms with Crippen LogP contribution in [0.2, 0.25) is 5.15 Å². The average molecular weight is 432 g/mol. The van der Waals surface area contributed by atoms with Crippen molar-refractivity contribution >= 4 is 43.5 Å². The Bertz CT molecular complexity index is 652. The summed E-state index contributed by atoms with van der Waals surface area (Å²) in [6.45, 7) is 0. The third-order valence-electron chi connectivity index (χ3n) is 2.03. The van der Waals surface area contributed by atoms with Gasteiger partial charge in [-0.05, 0) is 34.1 Å². The summed E-state index contributed by atoms with van der Waals surface area (Å²) in [6.07, 6.45) is -4.69. The zero-order chi connectivity index (χ0) is 14.9. The molecule has 0 aliphatic heterocycles. The summed E-state index contributed by atoms with van der Waals surface area (Å²) in [5.41, 5.74) is 0. The Morgan fingerprint density at radius 2 is 1.80 bits per heavy atom. The van der Waals surface area contributed by atoms with Crippen LogP contribution >= 0.6 is 43.5 Å². The maximum Gasteiger partial charge on any atom is 0.451 e.